The lowest BCUT2D eigenvalue weighted by Crippen LogP contribution is -1.84. The third-order valence-corrected chi connectivity index (χ3v) is 3.47. The average Bonchev–Trinajstić information content (AvgIpc) is 2.73. The van der Waals surface area contributed by atoms with Crippen molar-refractivity contribution in [3.63, 3.8) is 0 Å². The molecule has 4 nitrogen and oxygen atoms in total. The van der Waals surface area contributed by atoms with Gasteiger partial charge in [0.25, 0.3) is 0 Å². The van der Waals surface area contributed by atoms with Gasteiger partial charge in [-0.15, -0.1) is 0 Å². The second-order valence-corrected chi connectivity index (χ2v) is 5.29. The van der Waals surface area contributed by atoms with Crippen molar-refractivity contribution in [2.45, 2.75) is 13.3 Å². The number of hydrogen-bond donors (Lipinski definition) is 1. The molecule has 0 saturated heterocycles. The fourth-order valence-electron chi connectivity index (χ4n) is 1.54. The van der Waals surface area contributed by atoms with E-state index in [1.807, 2.05) is 18.3 Å². The van der Waals surface area contributed by atoms with Gasteiger partial charge in [-0.05, 0) is 6.42 Å². The van der Waals surface area contributed by atoms with Crippen LogP contribution in [0, 0.1) is 0 Å². The Morgan fingerprint density at radius 2 is 2.39 bits per heavy atom. The standard InChI is InChI=1S/C12H12ClN3OS/c1-8(17)18-5-3-2-4-9-6-14-11-10(9)15-7-16-12(11)13/h2,4,6-7,14H,3,5H2,1H3. The summed E-state index contributed by atoms with van der Waals surface area (Å²) in [6.07, 6.45) is 8.13. The molecule has 2 aromatic heterocycles. The molecule has 0 aliphatic heterocycles. The lowest BCUT2D eigenvalue weighted by Gasteiger charge is -1.93. The Kier molecular flexibility index (Phi) is 4.38. The maximum Gasteiger partial charge on any atom is 0.185 e. The molecule has 2 heterocycles. The lowest BCUT2D eigenvalue weighted by atomic mass is 10.2. The first kappa shape index (κ1) is 13.1. The van der Waals surface area contributed by atoms with Gasteiger partial charge in [0, 0.05) is 24.4 Å². The van der Waals surface area contributed by atoms with Crippen molar-refractivity contribution >= 4 is 45.6 Å². The smallest absolute Gasteiger partial charge is 0.185 e. The van der Waals surface area contributed by atoms with Crippen LogP contribution in [0.2, 0.25) is 5.15 Å². The number of aromatic amines is 1. The number of halogens is 1. The zero-order valence-corrected chi connectivity index (χ0v) is 11.4. The summed E-state index contributed by atoms with van der Waals surface area (Å²) < 4.78 is 0. The van der Waals surface area contributed by atoms with Crippen molar-refractivity contribution in [3.05, 3.63) is 29.3 Å². The molecule has 6 heteroatoms. The van der Waals surface area contributed by atoms with E-state index in [9.17, 15) is 4.79 Å². The molecule has 0 bridgehead atoms. The van der Waals surface area contributed by atoms with Crippen molar-refractivity contribution < 1.29 is 4.79 Å². The maximum absolute atomic E-state index is 10.8. The van der Waals surface area contributed by atoms with Crippen molar-refractivity contribution in [1.29, 1.82) is 0 Å². The molecule has 0 aliphatic rings. The van der Waals surface area contributed by atoms with Gasteiger partial charge in [0.2, 0.25) is 0 Å². The van der Waals surface area contributed by atoms with E-state index in [0.717, 1.165) is 28.8 Å². The highest BCUT2D eigenvalue weighted by Crippen LogP contribution is 2.22. The highest BCUT2D eigenvalue weighted by molar-refractivity contribution is 8.13. The minimum Gasteiger partial charge on any atom is -0.357 e. The number of allylic oxidation sites excluding steroid dienone is 1. The third kappa shape index (κ3) is 3.11. The maximum atomic E-state index is 10.8. The van der Waals surface area contributed by atoms with E-state index < -0.39 is 0 Å². The van der Waals surface area contributed by atoms with Crippen LogP contribution in [0.5, 0.6) is 0 Å². The molecule has 0 amide bonds. The van der Waals surface area contributed by atoms with Gasteiger partial charge < -0.3 is 4.98 Å². The average molecular weight is 282 g/mol. The fraction of sp³-hybridized carbons (Fsp3) is 0.250. The van der Waals surface area contributed by atoms with Crippen LogP contribution >= 0.6 is 23.4 Å². The summed E-state index contributed by atoms with van der Waals surface area (Å²) in [4.78, 5) is 21.9. The second-order valence-electron chi connectivity index (χ2n) is 3.66. The van der Waals surface area contributed by atoms with Crippen LogP contribution < -0.4 is 0 Å². The summed E-state index contributed by atoms with van der Waals surface area (Å²) in [5.41, 5.74) is 2.53. The van der Waals surface area contributed by atoms with Crippen LogP contribution in [-0.4, -0.2) is 25.8 Å². The predicted octanol–water partition coefficient (Wildman–Crippen LogP) is 3.29. The van der Waals surface area contributed by atoms with Crippen LogP contribution in [0.15, 0.2) is 18.6 Å². The van der Waals surface area contributed by atoms with E-state index in [4.69, 9.17) is 11.6 Å². The van der Waals surface area contributed by atoms with E-state index in [2.05, 4.69) is 15.0 Å². The number of thioether (sulfide) groups is 1. The largest absolute Gasteiger partial charge is 0.357 e. The summed E-state index contributed by atoms with van der Waals surface area (Å²) in [5.74, 6) is 0.796. The lowest BCUT2D eigenvalue weighted by molar-refractivity contribution is -0.109. The molecule has 0 atom stereocenters. The number of aromatic nitrogens is 3. The Hall–Kier alpha value is -1.33. The molecule has 2 aromatic rings. The number of nitrogens with zero attached hydrogens (tertiary/aromatic N) is 2. The number of nitrogens with one attached hydrogen (secondary N) is 1. The molecular formula is C12H12ClN3OS. The number of hydrogen-bond acceptors (Lipinski definition) is 4. The molecule has 0 aromatic carbocycles. The molecule has 0 radical (unpaired) electrons. The summed E-state index contributed by atoms with van der Waals surface area (Å²) in [7, 11) is 0. The van der Waals surface area contributed by atoms with E-state index in [1.54, 1.807) is 6.92 Å². The van der Waals surface area contributed by atoms with Crippen LogP contribution in [-0.2, 0) is 4.79 Å². The van der Waals surface area contributed by atoms with Gasteiger partial charge in [-0.3, -0.25) is 4.79 Å². The number of H-pyrrole nitrogens is 1. The van der Waals surface area contributed by atoms with E-state index in [-0.39, 0.29) is 5.12 Å². The van der Waals surface area contributed by atoms with E-state index in [1.165, 1.54) is 18.1 Å². The van der Waals surface area contributed by atoms with E-state index >= 15 is 0 Å². The molecule has 94 valence electrons. The Labute approximate surface area is 114 Å². The zero-order valence-electron chi connectivity index (χ0n) is 9.81. The van der Waals surface area contributed by atoms with Crippen LogP contribution in [0.1, 0.15) is 18.9 Å². The Bertz CT molecular complexity index is 594. The molecule has 1 N–H and O–H groups in total. The number of rotatable bonds is 4. The summed E-state index contributed by atoms with van der Waals surface area (Å²) in [6, 6.07) is 0. The first-order chi connectivity index (χ1) is 8.68. The molecule has 0 unspecified atom stereocenters. The predicted molar refractivity (Wildman–Crippen MR) is 75.7 cm³/mol. The number of carbonyl (C=O) groups excluding carboxylic acids is 1. The summed E-state index contributed by atoms with van der Waals surface area (Å²) in [5, 5.41) is 0.571. The fourth-order valence-corrected chi connectivity index (χ4v) is 2.27. The third-order valence-electron chi connectivity index (χ3n) is 2.33. The van der Waals surface area contributed by atoms with Gasteiger partial charge in [-0.25, -0.2) is 9.97 Å². The van der Waals surface area contributed by atoms with Gasteiger partial charge in [-0.1, -0.05) is 35.5 Å². The Morgan fingerprint density at radius 1 is 1.56 bits per heavy atom. The monoisotopic (exact) mass is 281 g/mol. The summed E-state index contributed by atoms with van der Waals surface area (Å²) in [6.45, 7) is 1.58. The van der Waals surface area contributed by atoms with Gasteiger partial charge in [0.15, 0.2) is 10.3 Å². The van der Waals surface area contributed by atoms with Crippen molar-refractivity contribution in [2.75, 3.05) is 5.75 Å². The van der Waals surface area contributed by atoms with Gasteiger partial charge in [0.1, 0.15) is 17.4 Å². The highest BCUT2D eigenvalue weighted by Gasteiger charge is 2.05. The highest BCUT2D eigenvalue weighted by atomic mass is 35.5. The van der Waals surface area contributed by atoms with Crippen LogP contribution in [0.3, 0.4) is 0 Å². The zero-order chi connectivity index (χ0) is 13.0. The first-order valence-corrected chi connectivity index (χ1v) is 6.82. The van der Waals surface area contributed by atoms with Gasteiger partial charge in [-0.2, -0.15) is 0 Å². The van der Waals surface area contributed by atoms with Crippen molar-refractivity contribution in [3.8, 4) is 0 Å². The summed E-state index contributed by atoms with van der Waals surface area (Å²) >= 11 is 7.27. The quantitative estimate of drug-likeness (QED) is 0.690. The van der Waals surface area contributed by atoms with Crippen LogP contribution in [0.25, 0.3) is 17.1 Å². The topological polar surface area (TPSA) is 58.6 Å². The van der Waals surface area contributed by atoms with Gasteiger partial charge in [0.05, 0.1) is 0 Å². The molecule has 18 heavy (non-hydrogen) atoms. The molecule has 0 aliphatic carbocycles. The molecule has 0 spiro atoms. The minimum absolute atomic E-state index is 0.148. The molecular weight excluding hydrogens is 270 g/mol. The van der Waals surface area contributed by atoms with Crippen molar-refractivity contribution in [2.24, 2.45) is 0 Å². The van der Waals surface area contributed by atoms with Crippen LogP contribution in [0.4, 0.5) is 0 Å². The van der Waals surface area contributed by atoms with E-state index in [0.29, 0.717) is 5.15 Å². The van der Waals surface area contributed by atoms with Gasteiger partial charge >= 0.3 is 0 Å². The normalized spacial score (nSPS) is 11.4. The first-order valence-electron chi connectivity index (χ1n) is 5.46. The SMILES string of the molecule is CC(=O)SCCC=Cc1c[nH]c2c(Cl)ncnc12. The minimum atomic E-state index is 0.148. The number of carbonyl (C=O) groups is 1. The Balaban J connectivity index is 2.06. The second kappa shape index (κ2) is 6.02. The molecule has 0 fully saturated rings. The molecule has 2 rings (SSSR count). The van der Waals surface area contributed by atoms with Crippen molar-refractivity contribution in [1.82, 2.24) is 15.0 Å². The Morgan fingerprint density at radius 3 is 3.17 bits per heavy atom. The molecule has 0 saturated carbocycles. The number of fused-ring (bicyclic) bond motifs is 1.